The van der Waals surface area contributed by atoms with Crippen molar-refractivity contribution in [3.8, 4) is 5.75 Å². The average molecular weight is 385 g/mol. The molecule has 1 aliphatic carbocycles. The van der Waals surface area contributed by atoms with Gasteiger partial charge in [-0.3, -0.25) is 9.69 Å². The molecule has 2 N–H and O–H groups in total. The number of urea groups is 1. The molecule has 0 spiro atoms. The lowest BCUT2D eigenvalue weighted by Crippen LogP contribution is -2.56. The summed E-state index contributed by atoms with van der Waals surface area (Å²) in [6, 6.07) is 6.10. The van der Waals surface area contributed by atoms with Gasteiger partial charge in [0.2, 0.25) is 0 Å². The molecule has 1 aromatic carbocycles. The zero-order valence-electron chi connectivity index (χ0n) is 15.4. The molecule has 0 radical (unpaired) electrons. The van der Waals surface area contributed by atoms with Crippen LogP contribution in [0.15, 0.2) is 24.3 Å². The van der Waals surface area contributed by atoms with E-state index in [-0.39, 0.29) is 30.4 Å². The lowest BCUT2D eigenvalue weighted by Gasteiger charge is -2.42. The fraction of sp³-hybridized carbons (Fsp3) is 0.556. The first-order valence-electron chi connectivity index (χ1n) is 8.79. The van der Waals surface area contributed by atoms with E-state index in [1.165, 1.54) is 17.0 Å². The molecular formula is C18H25F2N3O4. The van der Waals surface area contributed by atoms with E-state index in [9.17, 15) is 18.4 Å². The molecular weight excluding hydrogens is 360 g/mol. The molecule has 0 saturated heterocycles. The summed E-state index contributed by atoms with van der Waals surface area (Å²) in [5, 5.41) is 11.8. The first-order chi connectivity index (χ1) is 12.8. The summed E-state index contributed by atoms with van der Waals surface area (Å²) >= 11 is 0. The molecule has 1 aliphatic rings. The van der Waals surface area contributed by atoms with Gasteiger partial charge in [0, 0.05) is 25.7 Å². The van der Waals surface area contributed by atoms with E-state index >= 15 is 0 Å². The van der Waals surface area contributed by atoms with Crippen LogP contribution >= 0.6 is 0 Å². The number of ether oxygens (including phenoxy) is 1. The second-order valence-corrected chi connectivity index (χ2v) is 6.61. The Morgan fingerprint density at radius 2 is 1.93 bits per heavy atom. The fourth-order valence-corrected chi connectivity index (χ4v) is 3.08. The number of likely N-dealkylation sites (N-methyl/N-ethyl adjacent to an activating group) is 1. The van der Waals surface area contributed by atoms with E-state index in [0.29, 0.717) is 13.1 Å². The fourth-order valence-electron chi connectivity index (χ4n) is 3.08. The molecule has 0 bridgehead atoms. The van der Waals surface area contributed by atoms with Crippen LogP contribution in [0, 0.1) is 0 Å². The van der Waals surface area contributed by atoms with Gasteiger partial charge in [-0.1, -0.05) is 19.1 Å². The van der Waals surface area contributed by atoms with Gasteiger partial charge in [0.05, 0.1) is 6.54 Å². The highest BCUT2D eigenvalue weighted by molar-refractivity contribution is 5.74. The topological polar surface area (TPSA) is 82.1 Å². The summed E-state index contributed by atoms with van der Waals surface area (Å²) < 4.78 is 28.6. The SMILES string of the molecule is CCN(CC(=O)O)C1CC(NC(=O)N(C)Cc2ccc(OC(F)F)cc2)C1. The maximum atomic E-state index is 12.3. The number of amides is 2. The molecule has 0 aliphatic heterocycles. The van der Waals surface area contributed by atoms with Crippen LogP contribution < -0.4 is 10.1 Å². The van der Waals surface area contributed by atoms with Crippen LogP contribution in [-0.2, 0) is 11.3 Å². The van der Waals surface area contributed by atoms with Gasteiger partial charge in [-0.05, 0) is 37.1 Å². The molecule has 1 aromatic rings. The van der Waals surface area contributed by atoms with E-state index < -0.39 is 12.6 Å². The highest BCUT2D eigenvalue weighted by Gasteiger charge is 2.35. The zero-order chi connectivity index (χ0) is 20.0. The van der Waals surface area contributed by atoms with Crippen LogP contribution in [-0.4, -0.2) is 65.7 Å². The second-order valence-electron chi connectivity index (χ2n) is 6.61. The molecule has 150 valence electrons. The highest BCUT2D eigenvalue weighted by atomic mass is 19.3. The lowest BCUT2D eigenvalue weighted by atomic mass is 9.85. The largest absolute Gasteiger partial charge is 0.480 e. The molecule has 27 heavy (non-hydrogen) atoms. The van der Waals surface area contributed by atoms with Crippen molar-refractivity contribution in [2.45, 2.75) is 45.0 Å². The monoisotopic (exact) mass is 385 g/mol. The van der Waals surface area contributed by atoms with E-state index in [0.717, 1.165) is 18.4 Å². The highest BCUT2D eigenvalue weighted by Crippen LogP contribution is 2.25. The summed E-state index contributed by atoms with van der Waals surface area (Å²) in [5.41, 5.74) is 0.791. The number of carbonyl (C=O) groups is 2. The number of nitrogens with one attached hydrogen (secondary N) is 1. The number of carbonyl (C=O) groups excluding carboxylic acids is 1. The van der Waals surface area contributed by atoms with Gasteiger partial charge < -0.3 is 20.1 Å². The number of halogens is 2. The minimum absolute atomic E-state index is 0.00695. The van der Waals surface area contributed by atoms with E-state index in [1.54, 1.807) is 19.2 Å². The van der Waals surface area contributed by atoms with E-state index in [1.807, 2.05) is 11.8 Å². The molecule has 0 aromatic heterocycles. The van der Waals surface area contributed by atoms with Crippen LogP contribution in [0.5, 0.6) is 5.75 Å². The molecule has 0 unspecified atom stereocenters. The molecule has 9 heteroatoms. The third kappa shape index (κ3) is 6.35. The van der Waals surface area contributed by atoms with Gasteiger partial charge in [0.15, 0.2) is 0 Å². The summed E-state index contributed by atoms with van der Waals surface area (Å²) in [5.74, 6) is -0.780. The first-order valence-corrected chi connectivity index (χ1v) is 8.79. The second kappa shape index (κ2) is 9.50. The molecule has 0 atom stereocenters. The third-order valence-corrected chi connectivity index (χ3v) is 4.62. The Morgan fingerprint density at radius 1 is 1.30 bits per heavy atom. The smallest absolute Gasteiger partial charge is 0.387 e. The maximum Gasteiger partial charge on any atom is 0.387 e. The Kier molecular flexibility index (Phi) is 7.35. The number of benzene rings is 1. The standard InChI is InChI=1S/C18H25F2N3O4/c1-3-23(11-16(24)25)14-8-13(9-14)21-18(26)22(2)10-12-4-6-15(7-5-12)27-17(19)20/h4-7,13-14,17H,3,8-11H2,1-2H3,(H,21,26)(H,24,25). The van der Waals surface area contributed by atoms with Crippen LogP contribution in [0.25, 0.3) is 0 Å². The van der Waals surface area contributed by atoms with Crippen molar-refractivity contribution in [3.63, 3.8) is 0 Å². The maximum absolute atomic E-state index is 12.3. The molecule has 2 rings (SSSR count). The molecule has 7 nitrogen and oxygen atoms in total. The number of alkyl halides is 2. The normalized spacial score (nSPS) is 18.9. The van der Waals surface area contributed by atoms with Gasteiger partial charge in [0.25, 0.3) is 0 Å². The molecule has 1 fully saturated rings. The Morgan fingerprint density at radius 3 is 2.44 bits per heavy atom. The van der Waals surface area contributed by atoms with E-state index in [4.69, 9.17) is 5.11 Å². The number of nitrogens with zero attached hydrogens (tertiary/aromatic N) is 2. The molecule has 2 amide bonds. The van der Waals surface area contributed by atoms with Crippen molar-refractivity contribution in [2.24, 2.45) is 0 Å². The number of carboxylic acid groups (broad SMARTS) is 1. The lowest BCUT2D eigenvalue weighted by molar-refractivity contribution is -0.139. The molecule has 0 heterocycles. The van der Waals surface area contributed by atoms with Crippen LogP contribution in [0.1, 0.15) is 25.3 Å². The third-order valence-electron chi connectivity index (χ3n) is 4.62. The number of aliphatic carboxylic acids is 1. The predicted molar refractivity (Wildman–Crippen MR) is 94.8 cm³/mol. The minimum atomic E-state index is -2.87. The van der Waals surface area contributed by atoms with Crippen molar-refractivity contribution in [1.82, 2.24) is 15.1 Å². The summed E-state index contributed by atoms with van der Waals surface area (Å²) in [6.07, 6.45) is 1.45. The Hall–Kier alpha value is -2.42. The number of hydrogen-bond acceptors (Lipinski definition) is 4. The zero-order valence-corrected chi connectivity index (χ0v) is 15.4. The summed E-state index contributed by atoms with van der Waals surface area (Å²) in [7, 11) is 1.65. The van der Waals surface area contributed by atoms with Crippen LogP contribution in [0.2, 0.25) is 0 Å². The van der Waals surface area contributed by atoms with Gasteiger partial charge in [0.1, 0.15) is 5.75 Å². The predicted octanol–water partition coefficient (Wildman–Crippen LogP) is 2.37. The minimum Gasteiger partial charge on any atom is -0.480 e. The van der Waals surface area contributed by atoms with Crippen molar-refractivity contribution in [3.05, 3.63) is 29.8 Å². The number of hydrogen-bond donors (Lipinski definition) is 2. The van der Waals surface area contributed by atoms with Crippen LogP contribution in [0.4, 0.5) is 13.6 Å². The van der Waals surface area contributed by atoms with Gasteiger partial charge in [-0.15, -0.1) is 0 Å². The Bertz CT molecular complexity index is 636. The van der Waals surface area contributed by atoms with Gasteiger partial charge in [-0.25, -0.2) is 4.79 Å². The van der Waals surface area contributed by atoms with Crippen molar-refractivity contribution in [2.75, 3.05) is 20.1 Å². The molecule has 1 saturated carbocycles. The van der Waals surface area contributed by atoms with E-state index in [2.05, 4.69) is 10.1 Å². The first kappa shape index (κ1) is 20.9. The van der Waals surface area contributed by atoms with Crippen molar-refractivity contribution in [1.29, 1.82) is 0 Å². The van der Waals surface area contributed by atoms with Gasteiger partial charge in [-0.2, -0.15) is 8.78 Å². The summed E-state index contributed by atoms with van der Waals surface area (Å²) in [6.45, 7) is 0.0438. The quantitative estimate of drug-likeness (QED) is 0.682. The van der Waals surface area contributed by atoms with Crippen LogP contribution in [0.3, 0.4) is 0 Å². The average Bonchev–Trinajstić information content (AvgIpc) is 2.56. The van der Waals surface area contributed by atoms with Crippen molar-refractivity contribution >= 4 is 12.0 Å². The Balaban J connectivity index is 1.75. The summed E-state index contributed by atoms with van der Waals surface area (Å²) in [4.78, 5) is 26.5. The van der Waals surface area contributed by atoms with Gasteiger partial charge >= 0.3 is 18.6 Å². The number of rotatable bonds is 9. The number of carboxylic acids is 1. The Labute approximate surface area is 156 Å². The van der Waals surface area contributed by atoms with Crippen molar-refractivity contribution < 1.29 is 28.2 Å².